The van der Waals surface area contributed by atoms with E-state index in [1.807, 2.05) is 18.2 Å². The molecule has 6 heteroatoms. The topological polar surface area (TPSA) is 51.0 Å². The molecule has 3 rings (SSSR count). The first kappa shape index (κ1) is 20.9. The lowest BCUT2D eigenvalue weighted by Crippen LogP contribution is -2.48. The molecule has 0 saturated carbocycles. The Kier molecular flexibility index (Phi) is 7.16. The molecule has 28 heavy (non-hydrogen) atoms. The van der Waals surface area contributed by atoms with Crippen molar-refractivity contribution < 1.29 is 4.79 Å². The molecule has 2 heterocycles. The summed E-state index contributed by atoms with van der Waals surface area (Å²) in [6.07, 6.45) is 4.18. The molecular weight excluding hydrogens is 368 g/mol. The molecule has 0 aliphatic carbocycles. The summed E-state index contributed by atoms with van der Waals surface area (Å²) in [7, 11) is 0. The molecule has 0 radical (unpaired) electrons. The van der Waals surface area contributed by atoms with Crippen molar-refractivity contribution in [2.45, 2.75) is 77.2 Å². The van der Waals surface area contributed by atoms with Crippen molar-refractivity contribution in [3.63, 3.8) is 0 Å². The van der Waals surface area contributed by atoms with Crippen LogP contribution in [-0.4, -0.2) is 43.4 Å². The smallest absolute Gasteiger partial charge is 0.233 e. The number of rotatable bonds is 7. The summed E-state index contributed by atoms with van der Waals surface area (Å²) >= 11 is 1.52. The third kappa shape index (κ3) is 5.16. The van der Waals surface area contributed by atoms with Crippen molar-refractivity contribution in [3.05, 3.63) is 41.7 Å². The molecule has 0 bridgehead atoms. The van der Waals surface area contributed by atoms with Crippen LogP contribution >= 0.6 is 11.8 Å². The van der Waals surface area contributed by atoms with Crippen LogP contribution in [0.25, 0.3) is 0 Å². The number of nitrogens with zero attached hydrogens (tertiary/aromatic N) is 4. The van der Waals surface area contributed by atoms with E-state index in [0.29, 0.717) is 23.8 Å². The molecule has 1 amide bonds. The van der Waals surface area contributed by atoms with Crippen molar-refractivity contribution in [1.29, 1.82) is 0 Å². The molecule has 1 aromatic heterocycles. The van der Waals surface area contributed by atoms with Gasteiger partial charge in [-0.1, -0.05) is 55.9 Å². The van der Waals surface area contributed by atoms with E-state index >= 15 is 0 Å². The zero-order chi connectivity index (χ0) is 20.1. The van der Waals surface area contributed by atoms with Crippen molar-refractivity contribution in [3.8, 4) is 0 Å². The standard InChI is InChI=1S/C22H32N4OS/c1-16(2)14-25-20(13-19-11-6-5-7-12-19)23-24-22(25)28-15-21(27)26-17(3)9-8-10-18(26)4/h5-7,11-12,16-18H,8-10,13-15H2,1-4H3/t17-,18-/m1/s1. The minimum Gasteiger partial charge on any atom is -0.337 e. The molecule has 0 spiro atoms. The molecule has 5 nitrogen and oxygen atoms in total. The maximum atomic E-state index is 12.9. The zero-order valence-corrected chi connectivity index (χ0v) is 18.3. The van der Waals surface area contributed by atoms with E-state index in [4.69, 9.17) is 0 Å². The number of benzene rings is 1. The lowest BCUT2D eigenvalue weighted by molar-refractivity contribution is -0.134. The van der Waals surface area contributed by atoms with E-state index in [-0.39, 0.29) is 5.91 Å². The maximum absolute atomic E-state index is 12.9. The normalized spacial score (nSPS) is 20.0. The molecule has 1 fully saturated rings. The first-order valence-corrected chi connectivity index (χ1v) is 11.3. The van der Waals surface area contributed by atoms with Gasteiger partial charge in [0.05, 0.1) is 5.75 Å². The Morgan fingerprint density at radius 1 is 1.14 bits per heavy atom. The van der Waals surface area contributed by atoms with Crippen molar-refractivity contribution in [2.24, 2.45) is 5.92 Å². The van der Waals surface area contributed by atoms with Gasteiger partial charge in [-0.05, 0) is 44.6 Å². The van der Waals surface area contributed by atoms with Gasteiger partial charge >= 0.3 is 0 Å². The van der Waals surface area contributed by atoms with E-state index in [1.54, 1.807) is 0 Å². The highest BCUT2D eigenvalue weighted by molar-refractivity contribution is 7.99. The monoisotopic (exact) mass is 400 g/mol. The van der Waals surface area contributed by atoms with Gasteiger partial charge in [0.25, 0.3) is 0 Å². The van der Waals surface area contributed by atoms with Gasteiger partial charge in [-0.3, -0.25) is 4.79 Å². The van der Waals surface area contributed by atoms with E-state index in [1.165, 1.54) is 23.7 Å². The lowest BCUT2D eigenvalue weighted by Gasteiger charge is -2.39. The number of hydrogen-bond acceptors (Lipinski definition) is 4. The van der Waals surface area contributed by atoms with E-state index in [0.717, 1.165) is 36.8 Å². The van der Waals surface area contributed by atoms with Gasteiger partial charge in [-0.15, -0.1) is 10.2 Å². The van der Waals surface area contributed by atoms with Crippen LogP contribution in [-0.2, 0) is 17.8 Å². The molecular formula is C22H32N4OS. The van der Waals surface area contributed by atoms with Crippen molar-refractivity contribution in [2.75, 3.05) is 5.75 Å². The molecule has 1 aromatic carbocycles. The van der Waals surface area contributed by atoms with Crippen LogP contribution in [0, 0.1) is 5.92 Å². The van der Waals surface area contributed by atoms with Crippen molar-refractivity contribution in [1.82, 2.24) is 19.7 Å². The highest BCUT2D eigenvalue weighted by Gasteiger charge is 2.29. The van der Waals surface area contributed by atoms with Gasteiger partial charge in [0.2, 0.25) is 5.91 Å². The fraction of sp³-hybridized carbons (Fsp3) is 0.591. The number of aromatic nitrogens is 3. The number of thioether (sulfide) groups is 1. The highest BCUT2D eigenvalue weighted by Crippen LogP contribution is 2.26. The number of carbonyl (C=O) groups is 1. The summed E-state index contributed by atoms with van der Waals surface area (Å²) < 4.78 is 2.19. The van der Waals surface area contributed by atoms with Gasteiger partial charge in [0.15, 0.2) is 5.16 Å². The lowest BCUT2D eigenvalue weighted by atomic mass is 9.98. The average molecular weight is 401 g/mol. The Balaban J connectivity index is 1.71. The summed E-state index contributed by atoms with van der Waals surface area (Å²) in [6.45, 7) is 9.59. The Bertz CT molecular complexity index is 764. The molecule has 1 saturated heterocycles. The number of hydrogen-bond donors (Lipinski definition) is 0. The van der Waals surface area contributed by atoms with Crippen LogP contribution in [0.5, 0.6) is 0 Å². The van der Waals surface area contributed by atoms with Crippen LogP contribution in [0.3, 0.4) is 0 Å². The van der Waals surface area contributed by atoms with Gasteiger partial charge < -0.3 is 9.47 Å². The van der Waals surface area contributed by atoms with Gasteiger partial charge in [0.1, 0.15) is 5.82 Å². The molecule has 1 aliphatic rings. The average Bonchev–Trinajstić information content (AvgIpc) is 3.01. The minimum atomic E-state index is 0.216. The largest absolute Gasteiger partial charge is 0.337 e. The second kappa shape index (κ2) is 9.59. The van der Waals surface area contributed by atoms with Crippen LogP contribution in [0.4, 0.5) is 0 Å². The van der Waals surface area contributed by atoms with Gasteiger partial charge in [-0.25, -0.2) is 0 Å². The SMILES string of the molecule is CC(C)Cn1c(Cc2ccccc2)nnc1SCC(=O)N1[C@H](C)CCC[C@H]1C. The Morgan fingerprint density at radius 3 is 2.46 bits per heavy atom. The second-order valence-electron chi connectivity index (χ2n) is 8.28. The first-order valence-electron chi connectivity index (χ1n) is 10.4. The first-order chi connectivity index (χ1) is 13.5. The third-order valence-electron chi connectivity index (χ3n) is 5.35. The second-order valence-corrected chi connectivity index (χ2v) is 9.23. The van der Waals surface area contributed by atoms with E-state index in [9.17, 15) is 4.79 Å². The van der Waals surface area contributed by atoms with Gasteiger partial charge in [0, 0.05) is 25.0 Å². The molecule has 0 unspecified atom stereocenters. The fourth-order valence-electron chi connectivity index (χ4n) is 4.00. The molecule has 2 atom stereocenters. The summed E-state index contributed by atoms with van der Waals surface area (Å²) in [5, 5.41) is 9.73. The summed E-state index contributed by atoms with van der Waals surface area (Å²) in [4.78, 5) is 14.9. The Hall–Kier alpha value is -1.82. The van der Waals surface area contributed by atoms with E-state index in [2.05, 4.69) is 59.5 Å². The minimum absolute atomic E-state index is 0.216. The fourth-order valence-corrected chi connectivity index (χ4v) is 4.83. The van der Waals surface area contributed by atoms with Crippen molar-refractivity contribution >= 4 is 17.7 Å². The van der Waals surface area contributed by atoms with Crippen LogP contribution in [0.15, 0.2) is 35.5 Å². The Morgan fingerprint density at radius 2 is 1.82 bits per heavy atom. The highest BCUT2D eigenvalue weighted by atomic mass is 32.2. The number of likely N-dealkylation sites (tertiary alicyclic amines) is 1. The maximum Gasteiger partial charge on any atom is 0.233 e. The summed E-state index contributed by atoms with van der Waals surface area (Å²) in [5.41, 5.74) is 1.23. The molecule has 152 valence electrons. The van der Waals surface area contributed by atoms with Crippen LogP contribution in [0.2, 0.25) is 0 Å². The number of piperidine rings is 1. The predicted molar refractivity (Wildman–Crippen MR) is 114 cm³/mol. The Labute approximate surface area is 172 Å². The zero-order valence-electron chi connectivity index (χ0n) is 17.5. The quantitative estimate of drug-likeness (QED) is 0.646. The third-order valence-corrected chi connectivity index (χ3v) is 6.30. The number of carbonyl (C=O) groups excluding carboxylic acids is 1. The molecule has 0 N–H and O–H groups in total. The molecule has 1 aliphatic heterocycles. The molecule has 2 aromatic rings. The summed E-state index contributed by atoms with van der Waals surface area (Å²) in [6, 6.07) is 11.0. The van der Waals surface area contributed by atoms with Gasteiger partial charge in [-0.2, -0.15) is 0 Å². The van der Waals surface area contributed by atoms with E-state index < -0.39 is 0 Å². The number of amides is 1. The predicted octanol–water partition coefficient (Wildman–Crippen LogP) is 4.41. The van der Waals surface area contributed by atoms with Crippen LogP contribution in [0.1, 0.15) is 58.3 Å². The van der Waals surface area contributed by atoms with Crippen LogP contribution < -0.4 is 0 Å². The summed E-state index contributed by atoms with van der Waals surface area (Å²) in [5.74, 6) is 2.10.